The summed E-state index contributed by atoms with van der Waals surface area (Å²) in [4.78, 5) is 16.7. The average Bonchev–Trinajstić information content (AvgIpc) is 3.93. The number of nitrogens with zero attached hydrogens (tertiary/aromatic N) is 10. The molecule has 1 aliphatic rings. The van der Waals surface area contributed by atoms with Gasteiger partial charge in [0.05, 0.1) is 57.2 Å². The zero-order chi connectivity index (χ0) is 38.6. The van der Waals surface area contributed by atoms with Crippen LogP contribution >= 0.6 is 46.6 Å². The number of rotatable bonds is 7. The minimum Gasteiger partial charge on any atom is -0.288 e. The van der Waals surface area contributed by atoms with E-state index in [2.05, 4.69) is 50.9 Å². The summed E-state index contributed by atoms with van der Waals surface area (Å²) in [7, 11) is -1.23. The molecule has 1 unspecified atom stereocenters. The van der Waals surface area contributed by atoms with E-state index in [1.807, 2.05) is 30.5 Å². The Hall–Kier alpha value is -4.51. The fourth-order valence-electron chi connectivity index (χ4n) is 5.41. The van der Waals surface area contributed by atoms with Crippen molar-refractivity contribution in [2.45, 2.75) is 37.7 Å². The molecule has 0 fully saturated rings. The van der Waals surface area contributed by atoms with E-state index in [9.17, 15) is 23.7 Å². The molecule has 2 aromatic heterocycles. The first-order chi connectivity index (χ1) is 25.1. The Bertz CT molecular complexity index is 2240. The average molecular weight is 814 g/mol. The lowest BCUT2D eigenvalue weighted by Crippen LogP contribution is -2.43. The van der Waals surface area contributed by atoms with Crippen LogP contribution in [0.5, 0.6) is 0 Å². The first kappa shape index (κ1) is 39.7. The first-order valence-corrected chi connectivity index (χ1v) is 21.8. The van der Waals surface area contributed by atoms with Crippen LogP contribution in [0.1, 0.15) is 34.2 Å². The number of aromatic nitrogens is 6. The lowest BCUT2D eigenvalue weighted by molar-refractivity contribution is -0.183. The van der Waals surface area contributed by atoms with Gasteiger partial charge in [0.2, 0.25) is 0 Å². The second-order valence-electron chi connectivity index (χ2n) is 13.0. The Kier molecular flexibility index (Phi) is 12.2. The van der Waals surface area contributed by atoms with E-state index in [1.54, 1.807) is 34.9 Å². The fraction of sp³-hybridized carbons (Fsp3) is 0.257. The largest absolute Gasteiger partial charge is 0.400 e. The molecule has 6 rings (SSSR count). The van der Waals surface area contributed by atoms with Crippen molar-refractivity contribution in [3.63, 3.8) is 0 Å². The van der Waals surface area contributed by atoms with Crippen LogP contribution in [0.15, 0.2) is 83.8 Å². The summed E-state index contributed by atoms with van der Waals surface area (Å²) in [5, 5.41) is 27.8. The number of thioether (sulfide) groups is 1. The van der Waals surface area contributed by atoms with Gasteiger partial charge >= 0.3 is 6.18 Å². The number of nitriles is 2. The molecular formula is C35H30Cl3F3N10SSi. The second kappa shape index (κ2) is 16.2. The van der Waals surface area contributed by atoms with Gasteiger partial charge in [0.25, 0.3) is 0 Å². The van der Waals surface area contributed by atoms with Crippen LogP contribution in [0.4, 0.5) is 13.2 Å². The van der Waals surface area contributed by atoms with E-state index in [0.717, 1.165) is 22.5 Å². The summed E-state index contributed by atoms with van der Waals surface area (Å²) < 4.78 is 45.9. The van der Waals surface area contributed by atoms with Gasteiger partial charge in [-0.25, -0.2) is 19.3 Å². The summed E-state index contributed by atoms with van der Waals surface area (Å²) in [6.45, 7) is 6.35. The van der Waals surface area contributed by atoms with Crippen molar-refractivity contribution in [3.8, 4) is 23.5 Å². The summed E-state index contributed by atoms with van der Waals surface area (Å²) in [5.41, 5.74) is 1.18. The fourth-order valence-corrected chi connectivity index (χ4v) is 7.31. The lowest BCUT2D eigenvalue weighted by atomic mass is 9.76. The van der Waals surface area contributed by atoms with Gasteiger partial charge in [0.15, 0.2) is 0 Å². The monoisotopic (exact) mass is 812 g/mol. The minimum absolute atomic E-state index is 0.00842. The Morgan fingerprint density at radius 3 is 1.96 bits per heavy atom. The Morgan fingerprint density at radius 2 is 1.47 bits per heavy atom. The summed E-state index contributed by atoms with van der Waals surface area (Å²) in [6, 6.07) is 17.1. The molecule has 0 spiro atoms. The molecule has 0 radical (unpaired) electrons. The highest BCUT2D eigenvalue weighted by molar-refractivity contribution is 8.13. The normalized spacial score (nSPS) is 16.0. The molecule has 0 amide bonds. The highest BCUT2D eigenvalue weighted by Gasteiger charge is 2.58. The maximum Gasteiger partial charge on any atom is 0.400 e. The van der Waals surface area contributed by atoms with Crippen LogP contribution in [0, 0.1) is 22.7 Å². The van der Waals surface area contributed by atoms with Gasteiger partial charge in [0, 0.05) is 23.9 Å². The molecule has 272 valence electrons. The number of halogens is 6. The van der Waals surface area contributed by atoms with Crippen molar-refractivity contribution in [1.29, 1.82) is 10.5 Å². The predicted molar refractivity (Wildman–Crippen MR) is 206 cm³/mol. The van der Waals surface area contributed by atoms with Crippen molar-refractivity contribution in [3.05, 3.63) is 117 Å². The first-order valence-electron chi connectivity index (χ1n) is 15.7. The molecule has 18 heteroatoms. The zero-order valence-corrected chi connectivity index (χ0v) is 32.8. The van der Waals surface area contributed by atoms with Crippen LogP contribution in [-0.2, 0) is 5.41 Å². The van der Waals surface area contributed by atoms with E-state index >= 15 is 0 Å². The SMILES string of the molecule is CSC(=NC[Si](C)(C)C)c1ccc(-n2cncn2)c(C#N)c1.N#Cc1cc(C2=NCC(c3cc(Cl)c(Cl)c(Cl)c3)(C(F)(F)F)C2)ccc1-n1cncn1. The van der Waals surface area contributed by atoms with Gasteiger partial charge in [-0.3, -0.25) is 9.98 Å². The van der Waals surface area contributed by atoms with Crippen molar-refractivity contribution >= 4 is 65.4 Å². The molecular weight excluding hydrogens is 784 g/mol. The van der Waals surface area contributed by atoms with E-state index in [4.69, 9.17) is 39.8 Å². The third-order valence-electron chi connectivity index (χ3n) is 8.12. The zero-order valence-electron chi connectivity index (χ0n) is 28.7. The number of benzene rings is 3. The number of alkyl halides is 3. The molecule has 10 nitrogen and oxygen atoms in total. The molecule has 1 aliphatic heterocycles. The smallest absolute Gasteiger partial charge is 0.288 e. The van der Waals surface area contributed by atoms with Crippen LogP contribution in [-0.4, -0.2) is 73.5 Å². The van der Waals surface area contributed by atoms with E-state index < -0.39 is 32.6 Å². The van der Waals surface area contributed by atoms with Gasteiger partial charge in [-0.1, -0.05) is 66.6 Å². The molecule has 0 saturated carbocycles. The Morgan fingerprint density at radius 1 is 0.906 bits per heavy atom. The lowest BCUT2D eigenvalue weighted by Gasteiger charge is -2.32. The predicted octanol–water partition coefficient (Wildman–Crippen LogP) is 8.92. The van der Waals surface area contributed by atoms with Crippen LogP contribution in [0.2, 0.25) is 34.7 Å². The molecule has 0 bridgehead atoms. The highest BCUT2D eigenvalue weighted by Crippen LogP contribution is 2.50. The molecule has 1 atom stereocenters. The molecule has 0 saturated heterocycles. The molecule has 53 heavy (non-hydrogen) atoms. The standard InChI is InChI=1S/C20H11Cl3F3N5.C15H19N5SSi/c21-14-4-13(5-15(22)18(14)23)19(20(24,25)26)6-16(29-8-19)11-1-2-17(12(3-11)7-27)31-10-28-9-30-31;1-21-15(18-11-22(2,3)4)12-5-6-14(13(7-12)8-16)20-10-17-9-19-20/h1-5,9-10H,6,8H2;5-7,9-10H,11H2,1-4H3. The van der Waals surface area contributed by atoms with Crippen molar-refractivity contribution in [2.75, 3.05) is 19.0 Å². The summed E-state index contributed by atoms with van der Waals surface area (Å²) in [5.74, 6) is 0. The van der Waals surface area contributed by atoms with E-state index in [1.165, 1.54) is 41.9 Å². The molecule has 3 heterocycles. The van der Waals surface area contributed by atoms with Gasteiger partial charge in [-0.15, -0.1) is 11.8 Å². The van der Waals surface area contributed by atoms with Crippen molar-refractivity contribution in [1.82, 2.24) is 29.5 Å². The topological polar surface area (TPSA) is 134 Å². The van der Waals surface area contributed by atoms with Gasteiger partial charge in [-0.2, -0.15) is 33.9 Å². The van der Waals surface area contributed by atoms with E-state index in [-0.39, 0.29) is 31.9 Å². The molecule has 3 aromatic carbocycles. The number of aliphatic imine (C=N–C) groups is 2. The minimum atomic E-state index is -4.63. The van der Waals surface area contributed by atoms with Gasteiger partial charge in [0.1, 0.15) is 42.9 Å². The number of hydrogen-bond donors (Lipinski definition) is 0. The van der Waals surface area contributed by atoms with Gasteiger partial charge in [-0.05, 0) is 53.8 Å². The third-order valence-corrected chi connectivity index (χ3v) is 11.2. The Balaban J connectivity index is 0.000000217. The van der Waals surface area contributed by atoms with Crippen LogP contribution < -0.4 is 0 Å². The molecule has 0 aliphatic carbocycles. The maximum absolute atomic E-state index is 14.3. The van der Waals surface area contributed by atoms with E-state index in [0.29, 0.717) is 16.8 Å². The quantitative estimate of drug-likeness (QED) is 0.0694. The maximum atomic E-state index is 14.3. The molecule has 0 N–H and O–H groups in total. The Labute approximate surface area is 324 Å². The third kappa shape index (κ3) is 8.83. The van der Waals surface area contributed by atoms with Crippen LogP contribution in [0.3, 0.4) is 0 Å². The second-order valence-corrected chi connectivity index (χ2v) is 20.5. The molecule has 5 aromatic rings. The summed E-state index contributed by atoms with van der Waals surface area (Å²) in [6.07, 6.45) is 3.62. The van der Waals surface area contributed by atoms with Gasteiger partial charge < -0.3 is 0 Å². The van der Waals surface area contributed by atoms with Crippen LogP contribution in [0.25, 0.3) is 11.4 Å². The number of hydrogen-bond acceptors (Lipinski definition) is 9. The van der Waals surface area contributed by atoms with Crippen molar-refractivity contribution < 1.29 is 13.2 Å². The van der Waals surface area contributed by atoms with Crippen molar-refractivity contribution in [2.24, 2.45) is 9.98 Å². The highest BCUT2D eigenvalue weighted by atomic mass is 35.5. The summed E-state index contributed by atoms with van der Waals surface area (Å²) >= 11 is 19.5.